The number of amides is 1. The van der Waals surface area contributed by atoms with E-state index < -0.39 is 0 Å². The first-order valence-electron chi connectivity index (χ1n) is 10.5. The zero-order valence-corrected chi connectivity index (χ0v) is 18.1. The van der Waals surface area contributed by atoms with E-state index in [1.165, 1.54) is 11.1 Å². The topological polar surface area (TPSA) is 51.2 Å². The molecule has 160 valence electrons. The van der Waals surface area contributed by atoms with E-state index in [4.69, 9.17) is 0 Å². The average Bonchev–Trinajstić information content (AvgIpc) is 3.07. The fourth-order valence-corrected chi connectivity index (χ4v) is 4.60. The molecule has 1 aromatic rings. The fourth-order valence-electron chi connectivity index (χ4n) is 4.60. The van der Waals surface area contributed by atoms with Crippen molar-refractivity contribution >= 4 is 23.3 Å². The number of fused-ring (bicyclic) bond motifs is 2. The molecule has 0 radical (unpaired) electrons. The number of nitrogens with one attached hydrogen (secondary N) is 1. The Bertz CT molecular complexity index is 1130. The van der Waals surface area contributed by atoms with Crippen molar-refractivity contribution in [1.82, 2.24) is 20.1 Å². The zero-order chi connectivity index (χ0) is 21.7. The van der Waals surface area contributed by atoms with Crippen LogP contribution in [0.2, 0.25) is 0 Å². The summed E-state index contributed by atoms with van der Waals surface area (Å²) >= 11 is 0. The number of benzene rings is 1. The Morgan fingerprint density at radius 2 is 2.13 bits per heavy atom. The molecule has 0 atom stereocenters. The third-order valence-corrected chi connectivity index (χ3v) is 6.26. The van der Waals surface area contributed by atoms with E-state index in [0.29, 0.717) is 6.54 Å². The maximum absolute atomic E-state index is 14.4. The van der Waals surface area contributed by atoms with Crippen molar-refractivity contribution < 1.29 is 9.18 Å². The summed E-state index contributed by atoms with van der Waals surface area (Å²) in [5.41, 5.74) is 11.2. The monoisotopic (exact) mass is 419 g/mol. The minimum atomic E-state index is -0.241. The van der Waals surface area contributed by atoms with Crippen LogP contribution < -0.4 is 5.43 Å². The minimum Gasteiger partial charge on any atom is -0.375 e. The maximum atomic E-state index is 14.4. The highest BCUT2D eigenvalue weighted by Crippen LogP contribution is 2.39. The lowest BCUT2D eigenvalue weighted by atomic mass is 9.88. The third kappa shape index (κ3) is 3.49. The van der Waals surface area contributed by atoms with E-state index in [1.807, 2.05) is 19.2 Å². The van der Waals surface area contributed by atoms with E-state index in [2.05, 4.69) is 32.6 Å². The van der Waals surface area contributed by atoms with Gasteiger partial charge >= 0.3 is 0 Å². The molecule has 0 bridgehead atoms. The summed E-state index contributed by atoms with van der Waals surface area (Å²) in [5, 5.41) is 4.65. The van der Waals surface area contributed by atoms with Gasteiger partial charge in [0, 0.05) is 63.7 Å². The van der Waals surface area contributed by atoms with Crippen LogP contribution >= 0.6 is 0 Å². The lowest BCUT2D eigenvalue weighted by Crippen LogP contribution is -2.39. The van der Waals surface area contributed by atoms with Gasteiger partial charge in [-0.1, -0.05) is 12.2 Å². The van der Waals surface area contributed by atoms with Crippen molar-refractivity contribution in [2.24, 2.45) is 5.10 Å². The van der Waals surface area contributed by atoms with Crippen molar-refractivity contribution in [3.05, 3.63) is 69.8 Å². The van der Waals surface area contributed by atoms with E-state index >= 15 is 0 Å². The summed E-state index contributed by atoms with van der Waals surface area (Å²) < 4.78 is 14.4. The first-order chi connectivity index (χ1) is 14.9. The molecule has 0 saturated carbocycles. The highest BCUT2D eigenvalue weighted by atomic mass is 19.1. The number of nitrogens with zero attached hydrogens (tertiary/aromatic N) is 4. The Kier molecular flexibility index (Phi) is 4.78. The van der Waals surface area contributed by atoms with Gasteiger partial charge in [-0.3, -0.25) is 15.1 Å². The molecule has 1 aliphatic carbocycles. The van der Waals surface area contributed by atoms with Crippen LogP contribution in [0.5, 0.6) is 0 Å². The highest BCUT2D eigenvalue weighted by Gasteiger charge is 2.30. The SMILES string of the molecule is CN1C=C2C(=C(C3=CCN(CC(=O)N(C)C)CC3)C1)NN=C1C=Cc3cc(F)cc2c31. The van der Waals surface area contributed by atoms with Crippen LogP contribution in [0.3, 0.4) is 0 Å². The van der Waals surface area contributed by atoms with Gasteiger partial charge in [-0.2, -0.15) is 5.10 Å². The van der Waals surface area contributed by atoms with E-state index in [0.717, 1.165) is 59.7 Å². The van der Waals surface area contributed by atoms with Gasteiger partial charge in [0.25, 0.3) is 0 Å². The molecule has 5 rings (SSSR count). The quantitative estimate of drug-likeness (QED) is 0.818. The number of likely N-dealkylation sites (N-methyl/N-ethyl adjacent to an activating group) is 2. The molecule has 0 aromatic heterocycles. The summed E-state index contributed by atoms with van der Waals surface area (Å²) in [6, 6.07) is 3.18. The molecule has 6 nitrogen and oxygen atoms in total. The van der Waals surface area contributed by atoms with E-state index in [9.17, 15) is 9.18 Å². The van der Waals surface area contributed by atoms with Crippen LogP contribution in [-0.4, -0.2) is 73.6 Å². The Hall–Kier alpha value is -3.19. The molecule has 1 amide bonds. The molecule has 7 heteroatoms. The summed E-state index contributed by atoms with van der Waals surface area (Å²) in [4.78, 5) is 18.0. The lowest BCUT2D eigenvalue weighted by Gasteiger charge is -2.32. The number of halogens is 1. The second-order valence-electron chi connectivity index (χ2n) is 8.67. The second-order valence-corrected chi connectivity index (χ2v) is 8.67. The molecular formula is C24H26FN5O. The Labute approximate surface area is 181 Å². The van der Waals surface area contributed by atoms with E-state index in [1.54, 1.807) is 31.1 Å². The molecule has 1 aromatic carbocycles. The fraction of sp³-hybridized carbons (Fsp3) is 0.333. The molecule has 0 fully saturated rings. The predicted molar refractivity (Wildman–Crippen MR) is 121 cm³/mol. The predicted octanol–water partition coefficient (Wildman–Crippen LogP) is 2.42. The maximum Gasteiger partial charge on any atom is 0.236 e. The first kappa shape index (κ1) is 19.8. The van der Waals surface area contributed by atoms with E-state index in [-0.39, 0.29) is 11.7 Å². The standard InChI is InChI=1S/C24H26FN5O/c1-28(2)22(31)14-30-8-6-15(7-9-30)19-12-29(3)13-20-18-11-17(25)10-16-4-5-21(23(16)18)26-27-24(19)20/h4-6,10-11,13,27H,7-9,12,14H2,1-3H3. The molecule has 31 heavy (non-hydrogen) atoms. The molecule has 0 spiro atoms. The molecule has 0 saturated heterocycles. The number of hydrogen-bond acceptors (Lipinski definition) is 5. The number of rotatable bonds is 3. The van der Waals surface area contributed by atoms with Gasteiger partial charge < -0.3 is 9.80 Å². The van der Waals surface area contributed by atoms with Crippen LogP contribution in [0, 0.1) is 5.82 Å². The van der Waals surface area contributed by atoms with Gasteiger partial charge in [0.15, 0.2) is 0 Å². The molecule has 1 N–H and O–H groups in total. The number of allylic oxidation sites excluding steroid dienone is 2. The van der Waals surface area contributed by atoms with Crippen molar-refractivity contribution in [3.8, 4) is 0 Å². The average molecular weight is 420 g/mol. The van der Waals surface area contributed by atoms with Gasteiger partial charge in [-0.05, 0) is 41.3 Å². The smallest absolute Gasteiger partial charge is 0.236 e. The number of hydrogen-bond donors (Lipinski definition) is 1. The van der Waals surface area contributed by atoms with Crippen molar-refractivity contribution in [1.29, 1.82) is 0 Å². The molecule has 3 heterocycles. The lowest BCUT2D eigenvalue weighted by molar-refractivity contribution is -0.129. The van der Waals surface area contributed by atoms with Crippen LogP contribution in [0.4, 0.5) is 4.39 Å². The second kappa shape index (κ2) is 7.50. The Morgan fingerprint density at radius 3 is 2.87 bits per heavy atom. The Morgan fingerprint density at radius 1 is 1.29 bits per heavy atom. The molecular weight excluding hydrogens is 393 g/mol. The first-order valence-corrected chi connectivity index (χ1v) is 10.5. The normalized spacial score (nSPS) is 19.7. The summed E-state index contributed by atoms with van der Waals surface area (Å²) in [6.45, 7) is 2.76. The minimum absolute atomic E-state index is 0.116. The summed E-state index contributed by atoms with van der Waals surface area (Å²) in [6.07, 6.45) is 9.00. The largest absolute Gasteiger partial charge is 0.375 e. The van der Waals surface area contributed by atoms with Crippen LogP contribution in [0.15, 0.2) is 52.4 Å². The molecule has 3 aliphatic heterocycles. The van der Waals surface area contributed by atoms with Gasteiger partial charge in [0.05, 0.1) is 18.0 Å². The molecule has 0 unspecified atom stereocenters. The van der Waals surface area contributed by atoms with Crippen molar-refractivity contribution in [3.63, 3.8) is 0 Å². The third-order valence-electron chi connectivity index (χ3n) is 6.26. The van der Waals surface area contributed by atoms with Gasteiger partial charge in [-0.15, -0.1) is 0 Å². The van der Waals surface area contributed by atoms with Crippen LogP contribution in [-0.2, 0) is 4.79 Å². The molecule has 4 aliphatic rings. The zero-order valence-electron chi connectivity index (χ0n) is 18.1. The number of carbonyl (C=O) groups excluding carboxylic acids is 1. The highest BCUT2D eigenvalue weighted by molar-refractivity contribution is 6.20. The number of hydrazone groups is 1. The summed E-state index contributed by atoms with van der Waals surface area (Å²) in [5.74, 6) is -0.125. The van der Waals surface area contributed by atoms with Crippen LogP contribution in [0.25, 0.3) is 11.6 Å². The summed E-state index contributed by atoms with van der Waals surface area (Å²) in [7, 11) is 5.61. The van der Waals surface area contributed by atoms with Gasteiger partial charge in [0.2, 0.25) is 5.91 Å². The Balaban J connectivity index is 1.52. The van der Waals surface area contributed by atoms with Gasteiger partial charge in [-0.25, -0.2) is 4.39 Å². The van der Waals surface area contributed by atoms with Crippen LogP contribution in [0.1, 0.15) is 23.1 Å². The van der Waals surface area contributed by atoms with Crippen molar-refractivity contribution in [2.75, 3.05) is 47.3 Å². The van der Waals surface area contributed by atoms with Crippen molar-refractivity contribution in [2.45, 2.75) is 6.42 Å². The number of carbonyl (C=O) groups is 1. The van der Waals surface area contributed by atoms with Gasteiger partial charge in [0.1, 0.15) is 5.82 Å².